The maximum Gasteiger partial charge on any atom is 0.339 e. The number of carbonyl (C=O) groups excluding carboxylic acids is 3. The van der Waals surface area contributed by atoms with Crippen molar-refractivity contribution in [3.63, 3.8) is 0 Å². The molecule has 0 saturated heterocycles. The van der Waals surface area contributed by atoms with Crippen molar-refractivity contribution >= 4 is 40.9 Å². The predicted octanol–water partition coefficient (Wildman–Crippen LogP) is 4.70. The third kappa shape index (κ3) is 6.95. The fraction of sp³-hybridized carbons (Fsp3) is 0.154. The molecule has 0 aliphatic rings. The number of anilines is 2. The van der Waals surface area contributed by atoms with Crippen LogP contribution in [0.5, 0.6) is 0 Å². The van der Waals surface area contributed by atoms with Gasteiger partial charge in [0.1, 0.15) is 0 Å². The molecule has 0 aliphatic heterocycles. The average Bonchev–Trinajstić information content (AvgIpc) is 2.84. The number of benzene rings is 3. The average molecular weight is 474 g/mol. The Kier molecular flexibility index (Phi) is 8.43. The lowest BCUT2D eigenvalue weighted by molar-refractivity contribution is -0.119. The molecule has 172 valence electrons. The van der Waals surface area contributed by atoms with E-state index in [1.54, 1.807) is 48.5 Å². The highest BCUT2D eigenvalue weighted by molar-refractivity contribution is 8.00. The minimum Gasteiger partial charge on any atom is -0.452 e. The lowest BCUT2D eigenvalue weighted by atomic mass is 10.1. The molecule has 2 amide bonds. The summed E-state index contributed by atoms with van der Waals surface area (Å²) >= 11 is 1.17. The molecule has 0 heterocycles. The van der Waals surface area contributed by atoms with Gasteiger partial charge in [-0.05, 0) is 61.4 Å². The summed E-state index contributed by atoms with van der Waals surface area (Å²) in [6, 6.07) is 21.1. The number of nitriles is 1. The van der Waals surface area contributed by atoms with Gasteiger partial charge in [0, 0.05) is 16.3 Å². The molecule has 0 atom stereocenters. The van der Waals surface area contributed by atoms with Gasteiger partial charge in [0.2, 0.25) is 5.91 Å². The quantitative estimate of drug-likeness (QED) is 0.363. The van der Waals surface area contributed by atoms with E-state index in [9.17, 15) is 14.4 Å². The van der Waals surface area contributed by atoms with Crippen molar-refractivity contribution in [2.45, 2.75) is 18.7 Å². The zero-order chi connectivity index (χ0) is 24.5. The molecule has 0 aromatic heterocycles. The van der Waals surface area contributed by atoms with Crippen molar-refractivity contribution in [3.8, 4) is 6.07 Å². The SMILES string of the molecule is Cc1ccc(C)c(NC(=O)COC(=O)c2ccccc2SCC(=O)Nc2cccc(C#N)c2)c1. The zero-order valence-corrected chi connectivity index (χ0v) is 19.6. The van der Waals surface area contributed by atoms with E-state index in [1.165, 1.54) is 11.8 Å². The van der Waals surface area contributed by atoms with Gasteiger partial charge in [-0.1, -0.05) is 30.3 Å². The highest BCUT2D eigenvalue weighted by atomic mass is 32.2. The Morgan fingerprint density at radius 1 is 0.941 bits per heavy atom. The van der Waals surface area contributed by atoms with Gasteiger partial charge in [0.05, 0.1) is 22.9 Å². The van der Waals surface area contributed by atoms with E-state index in [1.807, 2.05) is 38.1 Å². The molecule has 3 aromatic rings. The maximum atomic E-state index is 12.6. The summed E-state index contributed by atoms with van der Waals surface area (Å²) < 4.78 is 5.21. The Morgan fingerprint density at radius 2 is 1.74 bits per heavy atom. The van der Waals surface area contributed by atoms with Gasteiger partial charge in [0.25, 0.3) is 5.91 Å². The van der Waals surface area contributed by atoms with Crippen LogP contribution in [-0.2, 0) is 14.3 Å². The second-order valence-corrected chi connectivity index (χ2v) is 8.49. The Labute approximate surface area is 202 Å². The molecule has 0 aliphatic carbocycles. The van der Waals surface area contributed by atoms with E-state index in [0.29, 0.717) is 21.8 Å². The number of rotatable bonds is 8. The number of nitrogens with one attached hydrogen (secondary N) is 2. The smallest absolute Gasteiger partial charge is 0.339 e. The number of carbonyl (C=O) groups is 3. The molecule has 34 heavy (non-hydrogen) atoms. The maximum absolute atomic E-state index is 12.6. The van der Waals surface area contributed by atoms with E-state index in [2.05, 4.69) is 10.6 Å². The standard InChI is InChI=1S/C26H23N3O4S/c1-17-10-11-18(2)22(12-17)29-24(30)15-33-26(32)21-8-3-4-9-23(21)34-16-25(31)28-20-7-5-6-19(13-20)14-27/h3-13H,15-16H2,1-2H3,(H,28,31)(H,29,30). The molecule has 8 heteroatoms. The molecule has 7 nitrogen and oxygen atoms in total. The van der Waals surface area contributed by atoms with Crippen LogP contribution in [0.1, 0.15) is 27.0 Å². The summed E-state index contributed by atoms with van der Waals surface area (Å²) in [4.78, 5) is 37.7. The molecule has 0 fully saturated rings. The largest absolute Gasteiger partial charge is 0.452 e. The van der Waals surface area contributed by atoms with Gasteiger partial charge >= 0.3 is 5.97 Å². The number of ether oxygens (including phenoxy) is 1. The van der Waals surface area contributed by atoms with E-state index in [-0.39, 0.29) is 17.2 Å². The van der Waals surface area contributed by atoms with Crippen LogP contribution in [0.15, 0.2) is 71.6 Å². The van der Waals surface area contributed by atoms with Crippen molar-refractivity contribution in [1.29, 1.82) is 5.26 Å². The van der Waals surface area contributed by atoms with Crippen molar-refractivity contribution in [2.24, 2.45) is 0 Å². The van der Waals surface area contributed by atoms with Crippen LogP contribution in [0.25, 0.3) is 0 Å². The number of nitrogens with zero attached hydrogens (tertiary/aromatic N) is 1. The zero-order valence-electron chi connectivity index (χ0n) is 18.8. The fourth-order valence-electron chi connectivity index (χ4n) is 3.03. The topological polar surface area (TPSA) is 108 Å². The molecule has 0 spiro atoms. The monoisotopic (exact) mass is 473 g/mol. The van der Waals surface area contributed by atoms with Crippen LogP contribution >= 0.6 is 11.8 Å². The molecular weight excluding hydrogens is 450 g/mol. The first-order valence-corrected chi connectivity index (χ1v) is 11.4. The molecule has 3 aromatic carbocycles. The van der Waals surface area contributed by atoms with Crippen LogP contribution < -0.4 is 10.6 Å². The minimum atomic E-state index is -0.652. The highest BCUT2D eigenvalue weighted by Gasteiger charge is 2.16. The van der Waals surface area contributed by atoms with Crippen molar-refractivity contribution in [3.05, 3.63) is 89.0 Å². The predicted molar refractivity (Wildman–Crippen MR) is 132 cm³/mol. The van der Waals surface area contributed by atoms with Gasteiger partial charge in [-0.2, -0.15) is 5.26 Å². The number of amides is 2. The van der Waals surface area contributed by atoms with Crippen LogP contribution in [0.3, 0.4) is 0 Å². The molecule has 0 radical (unpaired) electrons. The summed E-state index contributed by atoms with van der Waals surface area (Å²) in [5.41, 5.74) is 3.82. The van der Waals surface area contributed by atoms with Gasteiger partial charge in [-0.15, -0.1) is 11.8 Å². The normalized spacial score (nSPS) is 10.1. The van der Waals surface area contributed by atoms with Crippen LogP contribution in [-0.4, -0.2) is 30.1 Å². The van der Waals surface area contributed by atoms with Gasteiger partial charge < -0.3 is 15.4 Å². The summed E-state index contributed by atoms with van der Waals surface area (Å²) in [5, 5.41) is 14.4. The van der Waals surface area contributed by atoms with Crippen molar-refractivity contribution < 1.29 is 19.1 Å². The number of hydrogen-bond donors (Lipinski definition) is 2. The van der Waals surface area contributed by atoms with E-state index < -0.39 is 18.5 Å². The van der Waals surface area contributed by atoms with Crippen molar-refractivity contribution in [1.82, 2.24) is 0 Å². The molecular formula is C26H23N3O4S. The van der Waals surface area contributed by atoms with Gasteiger partial charge in [-0.25, -0.2) is 4.79 Å². The molecule has 3 rings (SSSR count). The van der Waals surface area contributed by atoms with Crippen LogP contribution in [0.4, 0.5) is 11.4 Å². The number of hydrogen-bond acceptors (Lipinski definition) is 6. The highest BCUT2D eigenvalue weighted by Crippen LogP contribution is 2.24. The Bertz CT molecular complexity index is 1270. The van der Waals surface area contributed by atoms with Gasteiger partial charge in [0.15, 0.2) is 6.61 Å². The first-order valence-electron chi connectivity index (χ1n) is 10.4. The third-order valence-corrected chi connectivity index (χ3v) is 5.82. The number of aryl methyl sites for hydroxylation is 2. The van der Waals surface area contributed by atoms with Crippen LogP contribution in [0, 0.1) is 25.2 Å². The Morgan fingerprint density at radius 3 is 2.53 bits per heavy atom. The summed E-state index contributed by atoms with van der Waals surface area (Å²) in [6.07, 6.45) is 0. The van der Waals surface area contributed by atoms with E-state index >= 15 is 0 Å². The van der Waals surface area contributed by atoms with Crippen molar-refractivity contribution in [2.75, 3.05) is 23.0 Å². The summed E-state index contributed by atoms with van der Waals surface area (Å²) in [7, 11) is 0. The Hall–Kier alpha value is -4.09. The molecule has 0 unspecified atom stereocenters. The fourth-order valence-corrected chi connectivity index (χ4v) is 3.87. The van der Waals surface area contributed by atoms with Gasteiger partial charge in [-0.3, -0.25) is 9.59 Å². The first kappa shape index (κ1) is 24.6. The number of esters is 1. The molecule has 2 N–H and O–H groups in total. The van der Waals surface area contributed by atoms with E-state index in [4.69, 9.17) is 10.00 Å². The minimum absolute atomic E-state index is 0.0498. The molecule has 0 saturated carbocycles. The summed E-state index contributed by atoms with van der Waals surface area (Å²) in [6.45, 7) is 3.37. The lowest BCUT2D eigenvalue weighted by Crippen LogP contribution is -2.21. The number of thioether (sulfide) groups is 1. The molecule has 0 bridgehead atoms. The second-order valence-electron chi connectivity index (χ2n) is 7.47. The second kappa shape index (κ2) is 11.7. The summed E-state index contributed by atoms with van der Waals surface area (Å²) in [5.74, 6) is -1.32. The van der Waals surface area contributed by atoms with E-state index in [0.717, 1.165) is 11.1 Å². The lowest BCUT2D eigenvalue weighted by Gasteiger charge is -2.11. The van der Waals surface area contributed by atoms with Crippen LogP contribution in [0.2, 0.25) is 0 Å². The first-order chi connectivity index (χ1) is 16.4. The Balaban J connectivity index is 1.55. The third-order valence-electron chi connectivity index (χ3n) is 4.74.